The van der Waals surface area contributed by atoms with Crippen molar-refractivity contribution in [3.63, 3.8) is 0 Å². The summed E-state index contributed by atoms with van der Waals surface area (Å²) < 4.78 is 0. The molecule has 0 radical (unpaired) electrons. The number of nitrogens with two attached hydrogens (primary N) is 1. The average molecular weight is 254 g/mol. The van der Waals surface area contributed by atoms with Gasteiger partial charge in [0, 0.05) is 4.88 Å². The summed E-state index contributed by atoms with van der Waals surface area (Å²) in [5.41, 5.74) is 5.21. The van der Waals surface area contributed by atoms with Crippen LogP contribution in [0.4, 0.5) is 0 Å². The van der Waals surface area contributed by atoms with E-state index in [1.807, 2.05) is 24.4 Å². The van der Waals surface area contributed by atoms with E-state index < -0.39 is 11.6 Å². The number of likely N-dealkylation sites (tertiary alicyclic amines) is 1. The van der Waals surface area contributed by atoms with E-state index in [-0.39, 0.29) is 5.91 Å². The minimum Gasteiger partial charge on any atom is -0.386 e. The van der Waals surface area contributed by atoms with Crippen LogP contribution in [-0.4, -0.2) is 34.6 Å². The number of hydrogen-bond acceptors (Lipinski definition) is 4. The van der Waals surface area contributed by atoms with Gasteiger partial charge in [-0.25, -0.2) is 0 Å². The van der Waals surface area contributed by atoms with Crippen LogP contribution in [-0.2, 0) is 4.79 Å². The summed E-state index contributed by atoms with van der Waals surface area (Å²) in [4.78, 5) is 14.5. The maximum atomic E-state index is 12.0. The predicted octanol–water partition coefficient (Wildman–Crippen LogP) is 1.12. The van der Waals surface area contributed by atoms with Crippen molar-refractivity contribution in [1.29, 1.82) is 0 Å². The number of nitrogens with zero attached hydrogens (tertiary/aromatic N) is 1. The SMILES string of the molecule is CCCC1(O)CN(C(=O)C(N)c2cccs2)C1. The molecule has 1 atom stereocenters. The molecule has 1 aromatic heterocycles. The van der Waals surface area contributed by atoms with Crippen LogP contribution >= 0.6 is 11.3 Å². The number of thiophene rings is 1. The van der Waals surface area contributed by atoms with E-state index >= 15 is 0 Å². The Kier molecular flexibility index (Phi) is 3.51. The van der Waals surface area contributed by atoms with Gasteiger partial charge in [0.15, 0.2) is 0 Å². The second-order valence-electron chi connectivity index (χ2n) is 4.66. The van der Waals surface area contributed by atoms with E-state index in [9.17, 15) is 9.90 Å². The zero-order chi connectivity index (χ0) is 12.5. The molecule has 3 N–H and O–H groups in total. The molecular formula is C12H18N2O2S. The normalized spacial score (nSPS) is 19.8. The number of aliphatic hydroxyl groups is 1. The molecular weight excluding hydrogens is 236 g/mol. The monoisotopic (exact) mass is 254 g/mol. The number of hydrogen-bond donors (Lipinski definition) is 2. The third-order valence-electron chi connectivity index (χ3n) is 3.11. The lowest BCUT2D eigenvalue weighted by molar-refractivity contribution is -0.157. The Labute approximate surface area is 105 Å². The zero-order valence-corrected chi connectivity index (χ0v) is 10.7. The van der Waals surface area contributed by atoms with Crippen molar-refractivity contribution < 1.29 is 9.90 Å². The minimum atomic E-state index is -0.681. The molecule has 0 aliphatic carbocycles. The smallest absolute Gasteiger partial charge is 0.245 e. The molecule has 1 amide bonds. The minimum absolute atomic E-state index is 0.0896. The van der Waals surface area contributed by atoms with E-state index in [1.54, 1.807) is 4.90 Å². The standard InChI is InChI=1S/C12H18N2O2S/c1-2-5-12(16)7-14(8-12)11(15)10(13)9-4-3-6-17-9/h3-4,6,10,16H,2,5,7-8,13H2,1H3. The van der Waals surface area contributed by atoms with Crippen LogP contribution in [0, 0.1) is 0 Å². The molecule has 94 valence electrons. The van der Waals surface area contributed by atoms with Crippen LogP contribution in [0.15, 0.2) is 17.5 Å². The Morgan fingerprint density at radius 2 is 2.41 bits per heavy atom. The van der Waals surface area contributed by atoms with Crippen molar-refractivity contribution in [3.8, 4) is 0 Å². The molecule has 1 aliphatic heterocycles. The van der Waals surface area contributed by atoms with Crippen molar-refractivity contribution in [2.75, 3.05) is 13.1 Å². The fourth-order valence-electron chi connectivity index (χ4n) is 2.23. The van der Waals surface area contributed by atoms with E-state index in [4.69, 9.17) is 5.73 Å². The molecule has 1 unspecified atom stereocenters. The first-order chi connectivity index (χ1) is 8.06. The van der Waals surface area contributed by atoms with Crippen LogP contribution in [0.2, 0.25) is 0 Å². The van der Waals surface area contributed by atoms with Gasteiger partial charge in [-0.3, -0.25) is 4.79 Å². The quantitative estimate of drug-likeness (QED) is 0.846. The first-order valence-electron chi connectivity index (χ1n) is 5.86. The van der Waals surface area contributed by atoms with E-state index in [2.05, 4.69) is 0 Å². The Morgan fingerprint density at radius 1 is 1.71 bits per heavy atom. The van der Waals surface area contributed by atoms with Gasteiger partial charge in [-0.1, -0.05) is 19.4 Å². The van der Waals surface area contributed by atoms with E-state index in [1.165, 1.54) is 11.3 Å². The van der Waals surface area contributed by atoms with Gasteiger partial charge in [0.05, 0.1) is 18.7 Å². The topological polar surface area (TPSA) is 66.6 Å². The number of rotatable bonds is 4. The summed E-state index contributed by atoms with van der Waals surface area (Å²) in [6.07, 6.45) is 1.67. The van der Waals surface area contributed by atoms with Crippen LogP contribution in [0.5, 0.6) is 0 Å². The Bertz CT molecular complexity index is 385. The number of β-amino-alcohol motifs (C(OH)–C–C–N with tert-alkyl or cyclic N) is 1. The maximum Gasteiger partial charge on any atom is 0.245 e. The molecule has 1 aliphatic rings. The van der Waals surface area contributed by atoms with Gasteiger partial charge >= 0.3 is 0 Å². The van der Waals surface area contributed by atoms with E-state index in [0.717, 1.165) is 17.7 Å². The van der Waals surface area contributed by atoms with Crippen LogP contribution in [0.25, 0.3) is 0 Å². The molecule has 1 aromatic rings. The summed E-state index contributed by atoms with van der Waals surface area (Å²) >= 11 is 1.49. The summed E-state index contributed by atoms with van der Waals surface area (Å²) in [5, 5.41) is 11.9. The van der Waals surface area contributed by atoms with Gasteiger partial charge < -0.3 is 15.7 Å². The molecule has 0 aromatic carbocycles. The van der Waals surface area contributed by atoms with Crippen molar-refractivity contribution in [1.82, 2.24) is 4.90 Å². The van der Waals surface area contributed by atoms with Gasteiger partial charge in [0.1, 0.15) is 6.04 Å². The molecule has 17 heavy (non-hydrogen) atoms. The Hall–Kier alpha value is -0.910. The zero-order valence-electron chi connectivity index (χ0n) is 9.93. The number of amides is 1. The highest BCUT2D eigenvalue weighted by Gasteiger charge is 2.44. The van der Waals surface area contributed by atoms with Gasteiger partial charge in [0.2, 0.25) is 5.91 Å². The molecule has 2 heterocycles. The van der Waals surface area contributed by atoms with Crippen molar-refractivity contribution in [2.24, 2.45) is 5.73 Å². The lowest BCUT2D eigenvalue weighted by Crippen LogP contribution is -2.64. The molecule has 0 spiro atoms. The van der Waals surface area contributed by atoms with Crippen molar-refractivity contribution in [2.45, 2.75) is 31.4 Å². The third-order valence-corrected chi connectivity index (χ3v) is 4.07. The molecule has 5 heteroatoms. The molecule has 1 fully saturated rings. The lowest BCUT2D eigenvalue weighted by Gasteiger charge is -2.47. The van der Waals surface area contributed by atoms with Crippen molar-refractivity contribution >= 4 is 17.2 Å². The molecule has 1 saturated heterocycles. The highest BCUT2D eigenvalue weighted by molar-refractivity contribution is 7.10. The first kappa shape index (κ1) is 12.5. The van der Waals surface area contributed by atoms with Crippen LogP contribution in [0.1, 0.15) is 30.7 Å². The van der Waals surface area contributed by atoms with E-state index in [0.29, 0.717) is 13.1 Å². The molecule has 0 bridgehead atoms. The predicted molar refractivity (Wildman–Crippen MR) is 67.7 cm³/mol. The summed E-state index contributed by atoms with van der Waals surface area (Å²) in [7, 11) is 0. The molecule has 4 nitrogen and oxygen atoms in total. The second-order valence-corrected chi connectivity index (χ2v) is 5.64. The highest BCUT2D eigenvalue weighted by Crippen LogP contribution is 2.29. The fourth-order valence-corrected chi connectivity index (χ4v) is 2.95. The second kappa shape index (κ2) is 4.76. The maximum absolute atomic E-state index is 12.0. The highest BCUT2D eigenvalue weighted by atomic mass is 32.1. The molecule has 2 rings (SSSR count). The fraction of sp³-hybridized carbons (Fsp3) is 0.583. The molecule has 0 saturated carbocycles. The first-order valence-corrected chi connectivity index (χ1v) is 6.74. The third kappa shape index (κ3) is 2.51. The lowest BCUT2D eigenvalue weighted by atomic mass is 9.88. The van der Waals surface area contributed by atoms with Crippen LogP contribution in [0.3, 0.4) is 0 Å². The Morgan fingerprint density at radius 3 is 2.94 bits per heavy atom. The summed E-state index contributed by atoms with van der Waals surface area (Å²) in [5.74, 6) is -0.0896. The average Bonchev–Trinajstić information content (AvgIpc) is 2.77. The summed E-state index contributed by atoms with van der Waals surface area (Å²) in [6, 6.07) is 3.17. The largest absolute Gasteiger partial charge is 0.386 e. The van der Waals surface area contributed by atoms with Gasteiger partial charge in [-0.2, -0.15) is 0 Å². The Balaban J connectivity index is 1.91. The number of carbonyl (C=O) groups is 1. The number of carbonyl (C=O) groups excluding carboxylic acids is 1. The van der Waals surface area contributed by atoms with Gasteiger partial charge in [-0.05, 0) is 17.9 Å². The van der Waals surface area contributed by atoms with Crippen LogP contribution < -0.4 is 5.73 Å². The van der Waals surface area contributed by atoms with Gasteiger partial charge in [0.25, 0.3) is 0 Å². The van der Waals surface area contributed by atoms with Crippen molar-refractivity contribution in [3.05, 3.63) is 22.4 Å². The van der Waals surface area contributed by atoms with Gasteiger partial charge in [-0.15, -0.1) is 11.3 Å². The summed E-state index contributed by atoms with van der Waals surface area (Å²) in [6.45, 7) is 2.86.